The van der Waals surface area contributed by atoms with Crippen LogP contribution in [-0.4, -0.2) is 36.6 Å². The molecule has 2 aliphatic rings. The summed E-state index contributed by atoms with van der Waals surface area (Å²) in [6.45, 7) is 8.43. The van der Waals surface area contributed by atoms with Gasteiger partial charge in [-0.15, -0.1) is 0 Å². The third-order valence-corrected chi connectivity index (χ3v) is 4.38. The summed E-state index contributed by atoms with van der Waals surface area (Å²) in [5.74, 6) is 0.772. The quantitative estimate of drug-likeness (QED) is 0.725. The molecular weight excluding hydrogens is 196 g/mol. The number of piperazine rings is 1. The SMILES string of the molecule is CC(C)C1CN(C2CCCCCC2)CCN1. The Morgan fingerprint density at radius 2 is 1.75 bits per heavy atom. The summed E-state index contributed by atoms with van der Waals surface area (Å²) in [5, 5.41) is 3.66. The predicted octanol–water partition coefficient (Wildman–Crippen LogP) is 2.64. The van der Waals surface area contributed by atoms with Gasteiger partial charge in [0.05, 0.1) is 0 Å². The third kappa shape index (κ3) is 3.21. The first-order chi connectivity index (χ1) is 7.77. The summed E-state index contributed by atoms with van der Waals surface area (Å²) in [7, 11) is 0. The lowest BCUT2D eigenvalue weighted by Gasteiger charge is -2.40. The molecule has 2 rings (SSSR count). The highest BCUT2D eigenvalue weighted by Gasteiger charge is 2.27. The third-order valence-electron chi connectivity index (χ3n) is 4.38. The van der Waals surface area contributed by atoms with E-state index in [1.165, 1.54) is 58.2 Å². The van der Waals surface area contributed by atoms with E-state index in [-0.39, 0.29) is 0 Å². The highest BCUT2D eigenvalue weighted by molar-refractivity contribution is 4.85. The largest absolute Gasteiger partial charge is 0.311 e. The highest BCUT2D eigenvalue weighted by atomic mass is 15.2. The van der Waals surface area contributed by atoms with Crippen LogP contribution in [0.5, 0.6) is 0 Å². The van der Waals surface area contributed by atoms with Crippen LogP contribution in [0.4, 0.5) is 0 Å². The van der Waals surface area contributed by atoms with Gasteiger partial charge in [-0.1, -0.05) is 39.5 Å². The van der Waals surface area contributed by atoms with E-state index in [0.717, 1.165) is 18.0 Å². The van der Waals surface area contributed by atoms with Gasteiger partial charge in [0.2, 0.25) is 0 Å². The summed E-state index contributed by atoms with van der Waals surface area (Å²) in [6, 6.07) is 1.61. The minimum absolute atomic E-state index is 0.719. The van der Waals surface area contributed by atoms with Crippen molar-refractivity contribution in [3.63, 3.8) is 0 Å². The van der Waals surface area contributed by atoms with Gasteiger partial charge in [0.1, 0.15) is 0 Å². The number of nitrogens with one attached hydrogen (secondary N) is 1. The Hall–Kier alpha value is -0.0800. The minimum Gasteiger partial charge on any atom is -0.311 e. The molecule has 0 aromatic rings. The van der Waals surface area contributed by atoms with E-state index < -0.39 is 0 Å². The van der Waals surface area contributed by atoms with Crippen LogP contribution in [0.3, 0.4) is 0 Å². The van der Waals surface area contributed by atoms with Gasteiger partial charge in [0.15, 0.2) is 0 Å². The lowest BCUT2D eigenvalue weighted by molar-refractivity contribution is 0.116. The lowest BCUT2D eigenvalue weighted by atomic mass is 9.99. The molecule has 1 saturated heterocycles. The molecule has 1 aliphatic heterocycles. The van der Waals surface area contributed by atoms with E-state index in [2.05, 4.69) is 24.1 Å². The first-order valence-electron chi connectivity index (χ1n) is 7.25. The number of nitrogens with zero attached hydrogens (tertiary/aromatic N) is 1. The highest BCUT2D eigenvalue weighted by Crippen LogP contribution is 2.23. The standard InChI is InChI=1S/C14H28N2/c1-12(2)14-11-16(10-9-15-14)13-7-5-3-4-6-8-13/h12-15H,3-11H2,1-2H3. The Morgan fingerprint density at radius 3 is 2.38 bits per heavy atom. The van der Waals surface area contributed by atoms with Crippen molar-refractivity contribution in [1.82, 2.24) is 10.2 Å². The maximum Gasteiger partial charge on any atom is 0.0218 e. The Kier molecular flexibility index (Phi) is 4.66. The van der Waals surface area contributed by atoms with E-state index in [9.17, 15) is 0 Å². The van der Waals surface area contributed by atoms with Crippen molar-refractivity contribution >= 4 is 0 Å². The zero-order valence-corrected chi connectivity index (χ0v) is 11.0. The van der Waals surface area contributed by atoms with Crippen molar-refractivity contribution in [2.75, 3.05) is 19.6 Å². The van der Waals surface area contributed by atoms with Crippen LogP contribution < -0.4 is 5.32 Å². The Labute approximate surface area is 101 Å². The molecule has 0 bridgehead atoms. The first-order valence-corrected chi connectivity index (χ1v) is 7.25. The first kappa shape index (κ1) is 12.4. The topological polar surface area (TPSA) is 15.3 Å². The van der Waals surface area contributed by atoms with Gasteiger partial charge >= 0.3 is 0 Å². The lowest BCUT2D eigenvalue weighted by Crippen LogP contribution is -2.55. The molecule has 1 saturated carbocycles. The van der Waals surface area contributed by atoms with Crippen molar-refractivity contribution < 1.29 is 0 Å². The molecule has 1 atom stereocenters. The van der Waals surface area contributed by atoms with Gasteiger partial charge in [-0.3, -0.25) is 4.90 Å². The number of rotatable bonds is 2. The second-order valence-corrected chi connectivity index (χ2v) is 5.94. The molecule has 0 amide bonds. The fraction of sp³-hybridized carbons (Fsp3) is 1.00. The van der Waals surface area contributed by atoms with Gasteiger partial charge in [-0.25, -0.2) is 0 Å². The van der Waals surface area contributed by atoms with Crippen molar-refractivity contribution in [2.45, 2.75) is 64.5 Å². The average Bonchev–Trinajstić information content (AvgIpc) is 2.57. The van der Waals surface area contributed by atoms with Gasteiger partial charge in [-0.2, -0.15) is 0 Å². The molecule has 0 aromatic carbocycles. The van der Waals surface area contributed by atoms with Crippen molar-refractivity contribution in [2.24, 2.45) is 5.92 Å². The zero-order chi connectivity index (χ0) is 11.4. The maximum atomic E-state index is 3.66. The number of hydrogen-bond donors (Lipinski definition) is 1. The van der Waals surface area contributed by atoms with Gasteiger partial charge in [0, 0.05) is 31.7 Å². The predicted molar refractivity (Wildman–Crippen MR) is 69.7 cm³/mol. The van der Waals surface area contributed by atoms with E-state index in [0.29, 0.717) is 0 Å². The van der Waals surface area contributed by atoms with E-state index in [1.807, 2.05) is 0 Å². The van der Waals surface area contributed by atoms with Gasteiger partial charge in [0.25, 0.3) is 0 Å². The summed E-state index contributed by atoms with van der Waals surface area (Å²) >= 11 is 0. The van der Waals surface area contributed by atoms with Crippen molar-refractivity contribution in [3.05, 3.63) is 0 Å². The summed E-state index contributed by atoms with van der Waals surface area (Å²) in [6.07, 6.45) is 8.75. The van der Waals surface area contributed by atoms with Crippen LogP contribution in [0.25, 0.3) is 0 Å². The molecule has 0 spiro atoms. The summed E-state index contributed by atoms with van der Waals surface area (Å²) in [4.78, 5) is 2.77. The molecule has 0 radical (unpaired) electrons. The molecular formula is C14H28N2. The van der Waals surface area contributed by atoms with Gasteiger partial charge in [-0.05, 0) is 18.8 Å². The molecule has 1 unspecified atom stereocenters. The van der Waals surface area contributed by atoms with Crippen LogP contribution in [-0.2, 0) is 0 Å². The van der Waals surface area contributed by atoms with Gasteiger partial charge < -0.3 is 5.32 Å². The average molecular weight is 224 g/mol. The molecule has 2 fully saturated rings. The zero-order valence-electron chi connectivity index (χ0n) is 11.0. The molecule has 2 nitrogen and oxygen atoms in total. The van der Waals surface area contributed by atoms with E-state index in [1.54, 1.807) is 0 Å². The molecule has 16 heavy (non-hydrogen) atoms. The molecule has 2 heteroatoms. The van der Waals surface area contributed by atoms with Crippen molar-refractivity contribution in [3.8, 4) is 0 Å². The Morgan fingerprint density at radius 1 is 1.06 bits per heavy atom. The maximum absolute atomic E-state index is 3.66. The fourth-order valence-electron chi connectivity index (χ4n) is 3.20. The van der Waals surface area contributed by atoms with Crippen LogP contribution in [0.1, 0.15) is 52.4 Å². The van der Waals surface area contributed by atoms with E-state index >= 15 is 0 Å². The van der Waals surface area contributed by atoms with Crippen LogP contribution in [0.15, 0.2) is 0 Å². The monoisotopic (exact) mass is 224 g/mol. The van der Waals surface area contributed by atoms with Crippen LogP contribution in [0.2, 0.25) is 0 Å². The molecule has 1 heterocycles. The molecule has 0 aromatic heterocycles. The summed E-state index contributed by atoms with van der Waals surface area (Å²) < 4.78 is 0. The molecule has 94 valence electrons. The fourth-order valence-corrected chi connectivity index (χ4v) is 3.20. The smallest absolute Gasteiger partial charge is 0.0218 e. The second kappa shape index (κ2) is 6.02. The van der Waals surface area contributed by atoms with Crippen LogP contribution in [0, 0.1) is 5.92 Å². The minimum atomic E-state index is 0.719. The second-order valence-electron chi connectivity index (χ2n) is 5.94. The summed E-state index contributed by atoms with van der Waals surface area (Å²) in [5.41, 5.74) is 0. The molecule has 1 aliphatic carbocycles. The normalized spacial score (nSPS) is 30.6. The van der Waals surface area contributed by atoms with Crippen molar-refractivity contribution in [1.29, 1.82) is 0 Å². The number of hydrogen-bond acceptors (Lipinski definition) is 2. The Balaban J connectivity index is 1.87. The Bertz CT molecular complexity index is 195. The van der Waals surface area contributed by atoms with E-state index in [4.69, 9.17) is 0 Å². The van der Waals surface area contributed by atoms with Crippen LogP contribution >= 0.6 is 0 Å². The molecule has 1 N–H and O–H groups in total.